The van der Waals surface area contributed by atoms with Gasteiger partial charge in [-0.2, -0.15) is 0 Å². The maximum atomic E-state index is 12.8. The molecule has 1 N–H and O–H groups in total. The summed E-state index contributed by atoms with van der Waals surface area (Å²) in [6.45, 7) is 4.25. The number of halogens is 1. The largest absolute Gasteiger partial charge is 0.481 e. The number of hydrogen-bond donors (Lipinski definition) is 1. The second-order valence-electron chi connectivity index (χ2n) is 5.55. The van der Waals surface area contributed by atoms with Gasteiger partial charge in [-0.25, -0.2) is 4.39 Å². The van der Waals surface area contributed by atoms with E-state index in [1.54, 1.807) is 19.1 Å². The van der Waals surface area contributed by atoms with Crippen LogP contribution in [0.5, 0.6) is 5.75 Å². The molecule has 2 aromatic carbocycles. The summed E-state index contributed by atoms with van der Waals surface area (Å²) in [4.78, 5) is 12.0. The van der Waals surface area contributed by atoms with Crippen molar-refractivity contribution in [2.45, 2.75) is 32.8 Å². The number of amides is 1. The van der Waals surface area contributed by atoms with Crippen LogP contribution in [0.3, 0.4) is 0 Å². The molecule has 0 aliphatic rings. The summed E-state index contributed by atoms with van der Waals surface area (Å²) in [6, 6.07) is 14.1. The first-order valence-electron chi connectivity index (χ1n) is 7.80. The molecule has 3 nitrogen and oxygen atoms in total. The van der Waals surface area contributed by atoms with Crippen molar-refractivity contribution in [2.75, 3.05) is 6.54 Å². The van der Waals surface area contributed by atoms with Crippen LogP contribution in [0.25, 0.3) is 0 Å². The van der Waals surface area contributed by atoms with E-state index in [0.717, 1.165) is 29.7 Å². The average molecular weight is 315 g/mol. The molecule has 0 spiro atoms. The van der Waals surface area contributed by atoms with E-state index in [4.69, 9.17) is 4.74 Å². The van der Waals surface area contributed by atoms with Crippen molar-refractivity contribution < 1.29 is 13.9 Å². The van der Waals surface area contributed by atoms with E-state index < -0.39 is 6.10 Å². The first-order valence-corrected chi connectivity index (χ1v) is 7.80. The van der Waals surface area contributed by atoms with Crippen LogP contribution in [-0.4, -0.2) is 18.6 Å². The number of ether oxygens (including phenoxy) is 1. The molecular formula is C19H22FNO2. The van der Waals surface area contributed by atoms with E-state index in [1.807, 2.05) is 31.2 Å². The lowest BCUT2D eigenvalue weighted by Crippen LogP contribution is -2.37. The fourth-order valence-corrected chi connectivity index (χ4v) is 2.23. The molecule has 0 aromatic heterocycles. The maximum Gasteiger partial charge on any atom is 0.260 e. The Kier molecular flexibility index (Phi) is 6.15. The van der Waals surface area contributed by atoms with Crippen LogP contribution < -0.4 is 10.1 Å². The van der Waals surface area contributed by atoms with Crippen molar-refractivity contribution in [3.05, 3.63) is 65.5 Å². The Labute approximate surface area is 136 Å². The zero-order valence-electron chi connectivity index (χ0n) is 13.5. The molecule has 122 valence electrons. The lowest BCUT2D eigenvalue weighted by Gasteiger charge is -2.16. The molecule has 0 fully saturated rings. The Bertz CT molecular complexity index is 640. The predicted molar refractivity (Wildman–Crippen MR) is 89.0 cm³/mol. The van der Waals surface area contributed by atoms with Gasteiger partial charge in [0.25, 0.3) is 5.91 Å². The lowest BCUT2D eigenvalue weighted by atomic mass is 10.1. The van der Waals surface area contributed by atoms with Gasteiger partial charge in [-0.3, -0.25) is 4.79 Å². The number of carbonyl (C=O) groups excluding carboxylic acids is 1. The van der Waals surface area contributed by atoms with Gasteiger partial charge in [0.2, 0.25) is 0 Å². The van der Waals surface area contributed by atoms with E-state index in [0.29, 0.717) is 6.54 Å². The molecule has 0 aliphatic carbocycles. The van der Waals surface area contributed by atoms with Crippen molar-refractivity contribution in [3.63, 3.8) is 0 Å². The van der Waals surface area contributed by atoms with Gasteiger partial charge in [-0.15, -0.1) is 0 Å². The highest BCUT2D eigenvalue weighted by Crippen LogP contribution is 2.17. The maximum absolute atomic E-state index is 12.8. The van der Waals surface area contributed by atoms with Crippen molar-refractivity contribution in [3.8, 4) is 5.75 Å². The van der Waals surface area contributed by atoms with Crippen LogP contribution in [-0.2, 0) is 11.2 Å². The second kappa shape index (κ2) is 8.32. The summed E-state index contributed by atoms with van der Waals surface area (Å²) in [6.07, 6.45) is 1.06. The predicted octanol–water partition coefficient (Wildman–Crippen LogP) is 3.65. The molecule has 2 rings (SSSR count). The van der Waals surface area contributed by atoms with Gasteiger partial charge >= 0.3 is 0 Å². The molecule has 0 bridgehead atoms. The Morgan fingerprint density at radius 2 is 1.87 bits per heavy atom. The van der Waals surface area contributed by atoms with Crippen LogP contribution in [0.2, 0.25) is 0 Å². The number of hydrogen-bond acceptors (Lipinski definition) is 2. The Morgan fingerprint density at radius 1 is 1.17 bits per heavy atom. The third-order valence-corrected chi connectivity index (χ3v) is 3.62. The third kappa shape index (κ3) is 5.40. The van der Waals surface area contributed by atoms with Crippen LogP contribution in [0.15, 0.2) is 48.5 Å². The number of benzene rings is 2. The molecule has 0 saturated carbocycles. The summed E-state index contributed by atoms with van der Waals surface area (Å²) in [5.74, 6) is 0.359. The minimum atomic E-state index is -0.540. The topological polar surface area (TPSA) is 38.3 Å². The van der Waals surface area contributed by atoms with Gasteiger partial charge in [-0.1, -0.05) is 30.3 Å². The highest BCUT2D eigenvalue weighted by molar-refractivity contribution is 5.80. The molecule has 0 aliphatic heterocycles. The smallest absolute Gasteiger partial charge is 0.260 e. The van der Waals surface area contributed by atoms with Crippen molar-refractivity contribution in [1.82, 2.24) is 5.32 Å². The fourth-order valence-electron chi connectivity index (χ4n) is 2.23. The minimum Gasteiger partial charge on any atom is -0.481 e. The van der Waals surface area contributed by atoms with Crippen LogP contribution >= 0.6 is 0 Å². The monoisotopic (exact) mass is 315 g/mol. The van der Waals surface area contributed by atoms with E-state index in [9.17, 15) is 9.18 Å². The number of aryl methyl sites for hydroxylation is 2. The first kappa shape index (κ1) is 17.0. The highest BCUT2D eigenvalue weighted by atomic mass is 19.1. The van der Waals surface area contributed by atoms with E-state index >= 15 is 0 Å². The minimum absolute atomic E-state index is 0.132. The van der Waals surface area contributed by atoms with E-state index in [2.05, 4.69) is 5.32 Å². The molecule has 2 aromatic rings. The van der Waals surface area contributed by atoms with E-state index in [1.165, 1.54) is 12.1 Å². The average Bonchev–Trinajstić information content (AvgIpc) is 2.55. The molecule has 0 radical (unpaired) electrons. The van der Waals surface area contributed by atoms with Gasteiger partial charge < -0.3 is 10.1 Å². The number of rotatable bonds is 7. The molecule has 1 atom stereocenters. The summed E-state index contributed by atoms with van der Waals surface area (Å²) >= 11 is 0. The van der Waals surface area contributed by atoms with Gasteiger partial charge in [0.05, 0.1) is 0 Å². The van der Waals surface area contributed by atoms with Gasteiger partial charge in [0, 0.05) is 6.54 Å². The van der Waals surface area contributed by atoms with Gasteiger partial charge in [0.1, 0.15) is 11.6 Å². The zero-order chi connectivity index (χ0) is 16.7. The standard InChI is InChI=1S/C19H22FNO2/c1-14-6-3-4-8-18(14)23-15(2)19(22)21-13-5-7-16-9-11-17(20)12-10-16/h3-4,6,8-12,15H,5,7,13H2,1-2H3,(H,21,22)/t15-/m0/s1. The van der Waals surface area contributed by atoms with Gasteiger partial charge in [0.15, 0.2) is 6.10 Å². The summed E-state index contributed by atoms with van der Waals surface area (Å²) in [7, 11) is 0. The molecule has 0 saturated heterocycles. The molecular weight excluding hydrogens is 293 g/mol. The quantitative estimate of drug-likeness (QED) is 0.792. The molecule has 0 heterocycles. The van der Waals surface area contributed by atoms with Crippen molar-refractivity contribution >= 4 is 5.91 Å². The summed E-state index contributed by atoms with van der Waals surface area (Å²) in [5.41, 5.74) is 2.06. The molecule has 4 heteroatoms. The molecule has 0 unspecified atom stereocenters. The third-order valence-electron chi connectivity index (χ3n) is 3.62. The van der Waals surface area contributed by atoms with Crippen molar-refractivity contribution in [1.29, 1.82) is 0 Å². The molecule has 23 heavy (non-hydrogen) atoms. The zero-order valence-corrected chi connectivity index (χ0v) is 13.5. The van der Waals surface area contributed by atoms with E-state index in [-0.39, 0.29) is 11.7 Å². The number of nitrogens with one attached hydrogen (secondary N) is 1. The Hall–Kier alpha value is -2.36. The first-order chi connectivity index (χ1) is 11.1. The fraction of sp³-hybridized carbons (Fsp3) is 0.316. The second-order valence-corrected chi connectivity index (χ2v) is 5.55. The lowest BCUT2D eigenvalue weighted by molar-refractivity contribution is -0.127. The SMILES string of the molecule is Cc1ccccc1O[C@@H](C)C(=O)NCCCc1ccc(F)cc1. The summed E-state index contributed by atoms with van der Waals surface area (Å²) in [5, 5.41) is 2.87. The Morgan fingerprint density at radius 3 is 2.57 bits per heavy atom. The number of carbonyl (C=O) groups is 1. The number of para-hydroxylation sites is 1. The summed E-state index contributed by atoms with van der Waals surface area (Å²) < 4.78 is 18.5. The van der Waals surface area contributed by atoms with Crippen LogP contribution in [0, 0.1) is 12.7 Å². The van der Waals surface area contributed by atoms with Crippen LogP contribution in [0.1, 0.15) is 24.5 Å². The van der Waals surface area contributed by atoms with Crippen molar-refractivity contribution in [2.24, 2.45) is 0 Å². The van der Waals surface area contributed by atoms with Crippen LogP contribution in [0.4, 0.5) is 4.39 Å². The normalized spacial score (nSPS) is 11.8. The highest BCUT2D eigenvalue weighted by Gasteiger charge is 2.14. The molecule has 1 amide bonds. The Balaban J connectivity index is 1.72. The van der Waals surface area contributed by atoms with Gasteiger partial charge in [-0.05, 0) is 56.0 Å².